The van der Waals surface area contributed by atoms with Crippen molar-refractivity contribution < 1.29 is 9.53 Å². The van der Waals surface area contributed by atoms with Gasteiger partial charge in [0, 0.05) is 23.7 Å². The van der Waals surface area contributed by atoms with Crippen LogP contribution < -0.4 is 15.8 Å². The van der Waals surface area contributed by atoms with Crippen LogP contribution in [0.15, 0.2) is 30.5 Å². The molecule has 2 atom stereocenters. The van der Waals surface area contributed by atoms with Crippen LogP contribution in [-0.4, -0.2) is 29.6 Å². The average Bonchev–Trinajstić information content (AvgIpc) is 2.62. The number of pyridine rings is 1. The lowest BCUT2D eigenvalue weighted by molar-refractivity contribution is -0.125. The van der Waals surface area contributed by atoms with Gasteiger partial charge in [0.1, 0.15) is 11.3 Å². The first-order valence-electron chi connectivity index (χ1n) is 9.33. The van der Waals surface area contributed by atoms with Gasteiger partial charge >= 0.3 is 0 Å². The second-order valence-corrected chi connectivity index (χ2v) is 7.92. The van der Waals surface area contributed by atoms with Gasteiger partial charge in [-0.3, -0.25) is 9.78 Å². The topological polar surface area (TPSA) is 77.2 Å². The molecule has 1 aromatic carbocycles. The molecule has 0 spiro atoms. The summed E-state index contributed by atoms with van der Waals surface area (Å²) in [6, 6.07) is 7.77. The van der Waals surface area contributed by atoms with E-state index in [2.05, 4.69) is 10.3 Å². The predicted molar refractivity (Wildman–Crippen MR) is 102 cm³/mol. The summed E-state index contributed by atoms with van der Waals surface area (Å²) in [7, 11) is 0. The van der Waals surface area contributed by atoms with Gasteiger partial charge in [-0.1, -0.05) is 18.0 Å². The molecule has 3 N–H and O–H groups in total. The maximum atomic E-state index is 12.5. The molecular weight excluding hydrogens is 350 g/mol. The monoisotopic (exact) mass is 373 g/mol. The number of carbonyl (C=O) groups excluding carboxylic acids is 1. The summed E-state index contributed by atoms with van der Waals surface area (Å²) in [5.74, 6) is 1.49. The van der Waals surface area contributed by atoms with E-state index in [1.54, 1.807) is 18.3 Å². The van der Waals surface area contributed by atoms with Crippen LogP contribution in [-0.2, 0) is 4.79 Å². The number of nitrogens with one attached hydrogen (secondary N) is 1. The zero-order valence-electron chi connectivity index (χ0n) is 14.7. The minimum absolute atomic E-state index is 0.0186. The Hall–Kier alpha value is -1.85. The molecule has 2 bridgehead atoms. The molecule has 0 radical (unpaired) electrons. The number of benzene rings is 1. The molecule has 26 heavy (non-hydrogen) atoms. The Balaban J connectivity index is 1.41. The van der Waals surface area contributed by atoms with Crippen molar-refractivity contribution in [3.63, 3.8) is 0 Å². The molecule has 6 heteroatoms. The number of rotatable bonds is 4. The molecule has 0 aliphatic heterocycles. The molecule has 2 fully saturated rings. The van der Waals surface area contributed by atoms with E-state index in [1.165, 1.54) is 6.42 Å². The molecule has 5 nitrogen and oxygen atoms in total. The minimum Gasteiger partial charge on any atom is -0.481 e. The Bertz CT molecular complexity index is 799. The second kappa shape index (κ2) is 7.41. The van der Waals surface area contributed by atoms with E-state index >= 15 is 0 Å². The average molecular weight is 374 g/mol. The summed E-state index contributed by atoms with van der Waals surface area (Å²) in [5.41, 5.74) is 6.84. The highest BCUT2D eigenvalue weighted by molar-refractivity contribution is 6.35. The van der Waals surface area contributed by atoms with Crippen molar-refractivity contribution in [3.05, 3.63) is 35.5 Å². The van der Waals surface area contributed by atoms with Crippen molar-refractivity contribution in [2.75, 3.05) is 6.61 Å². The SMILES string of the molecule is NC1CC2CCCC(C1)C2NC(=O)COc1ccc(Cl)c2cccnc12. The van der Waals surface area contributed by atoms with E-state index in [1.807, 2.05) is 12.1 Å². The van der Waals surface area contributed by atoms with Gasteiger partial charge in [0.15, 0.2) is 6.61 Å². The van der Waals surface area contributed by atoms with Crippen molar-refractivity contribution >= 4 is 28.4 Å². The summed E-state index contributed by atoms with van der Waals surface area (Å²) in [6.45, 7) is -0.0186. The number of nitrogens with zero attached hydrogens (tertiary/aromatic N) is 1. The van der Waals surface area contributed by atoms with Gasteiger partial charge in [-0.25, -0.2) is 0 Å². The van der Waals surface area contributed by atoms with E-state index in [0.717, 1.165) is 31.1 Å². The third-order valence-corrected chi connectivity index (χ3v) is 6.07. The Morgan fingerprint density at radius 2 is 2.04 bits per heavy atom. The van der Waals surface area contributed by atoms with Crippen LogP contribution in [0.1, 0.15) is 32.1 Å². The maximum absolute atomic E-state index is 12.5. The molecule has 2 saturated carbocycles. The largest absolute Gasteiger partial charge is 0.481 e. The van der Waals surface area contributed by atoms with Crippen molar-refractivity contribution in [2.24, 2.45) is 17.6 Å². The van der Waals surface area contributed by atoms with Gasteiger partial charge in [0.25, 0.3) is 5.91 Å². The van der Waals surface area contributed by atoms with Crippen LogP contribution >= 0.6 is 11.6 Å². The number of nitrogens with two attached hydrogens (primary N) is 1. The third kappa shape index (κ3) is 3.51. The predicted octanol–water partition coefficient (Wildman–Crippen LogP) is 3.29. The summed E-state index contributed by atoms with van der Waals surface area (Å²) in [5, 5.41) is 4.65. The molecule has 1 heterocycles. The van der Waals surface area contributed by atoms with Crippen molar-refractivity contribution in [3.8, 4) is 5.75 Å². The Morgan fingerprint density at radius 3 is 2.81 bits per heavy atom. The van der Waals surface area contributed by atoms with E-state index in [4.69, 9.17) is 22.1 Å². The zero-order valence-corrected chi connectivity index (χ0v) is 15.4. The highest BCUT2D eigenvalue weighted by Gasteiger charge is 2.39. The number of halogens is 1. The smallest absolute Gasteiger partial charge is 0.258 e. The van der Waals surface area contributed by atoms with Crippen LogP contribution in [0.5, 0.6) is 5.75 Å². The molecule has 2 unspecified atom stereocenters. The number of hydrogen-bond acceptors (Lipinski definition) is 4. The normalized spacial score (nSPS) is 27.9. The fraction of sp³-hybridized carbons (Fsp3) is 0.500. The standard InChI is InChI=1S/C20H24ClN3O2/c21-16-6-7-17(20-15(16)5-2-8-23-20)26-11-18(25)24-19-12-3-1-4-13(19)10-14(22)9-12/h2,5-8,12-14,19H,1,3-4,9-11,22H2,(H,24,25). The summed E-state index contributed by atoms with van der Waals surface area (Å²) >= 11 is 6.20. The molecule has 0 saturated heterocycles. The Kier molecular flexibility index (Phi) is 5.00. The number of aromatic nitrogens is 1. The van der Waals surface area contributed by atoms with Crippen molar-refractivity contribution in [2.45, 2.75) is 44.2 Å². The lowest BCUT2D eigenvalue weighted by Gasteiger charge is -2.45. The van der Waals surface area contributed by atoms with Gasteiger partial charge in [-0.05, 0) is 61.8 Å². The first-order chi connectivity index (χ1) is 12.6. The van der Waals surface area contributed by atoms with E-state index in [-0.39, 0.29) is 24.6 Å². The zero-order chi connectivity index (χ0) is 18.1. The first kappa shape index (κ1) is 17.6. The lowest BCUT2D eigenvalue weighted by atomic mass is 9.67. The molecule has 2 aromatic rings. The molecule has 1 amide bonds. The molecular formula is C20H24ClN3O2. The molecule has 4 rings (SSSR count). The van der Waals surface area contributed by atoms with E-state index in [0.29, 0.717) is 28.1 Å². The number of hydrogen-bond donors (Lipinski definition) is 2. The molecule has 1 aromatic heterocycles. The summed E-state index contributed by atoms with van der Waals surface area (Å²) < 4.78 is 5.76. The maximum Gasteiger partial charge on any atom is 0.258 e. The fourth-order valence-corrected chi connectivity index (χ4v) is 4.84. The van der Waals surface area contributed by atoms with E-state index in [9.17, 15) is 4.79 Å². The van der Waals surface area contributed by atoms with Crippen LogP contribution in [0.2, 0.25) is 5.02 Å². The molecule has 138 valence electrons. The van der Waals surface area contributed by atoms with Crippen molar-refractivity contribution in [1.29, 1.82) is 0 Å². The lowest BCUT2D eigenvalue weighted by Crippen LogP contribution is -2.54. The van der Waals surface area contributed by atoms with Crippen LogP contribution in [0.3, 0.4) is 0 Å². The van der Waals surface area contributed by atoms with Gasteiger partial charge in [0.2, 0.25) is 0 Å². The van der Waals surface area contributed by atoms with Gasteiger partial charge in [-0.2, -0.15) is 0 Å². The quantitative estimate of drug-likeness (QED) is 0.862. The van der Waals surface area contributed by atoms with Gasteiger partial charge < -0.3 is 15.8 Å². The fourth-order valence-electron chi connectivity index (χ4n) is 4.62. The van der Waals surface area contributed by atoms with Crippen molar-refractivity contribution in [1.82, 2.24) is 10.3 Å². The van der Waals surface area contributed by atoms with E-state index < -0.39 is 0 Å². The highest BCUT2D eigenvalue weighted by atomic mass is 35.5. The van der Waals surface area contributed by atoms with Crippen LogP contribution in [0, 0.1) is 11.8 Å². The molecule has 2 aliphatic rings. The minimum atomic E-state index is -0.0820. The number of amides is 1. The van der Waals surface area contributed by atoms with Crippen LogP contribution in [0.4, 0.5) is 0 Å². The first-order valence-corrected chi connectivity index (χ1v) is 9.70. The Morgan fingerprint density at radius 1 is 1.27 bits per heavy atom. The number of ether oxygens (including phenoxy) is 1. The van der Waals surface area contributed by atoms with Crippen LogP contribution in [0.25, 0.3) is 10.9 Å². The van der Waals surface area contributed by atoms with Gasteiger partial charge in [-0.15, -0.1) is 0 Å². The summed E-state index contributed by atoms with van der Waals surface area (Å²) in [4.78, 5) is 16.8. The summed E-state index contributed by atoms with van der Waals surface area (Å²) in [6.07, 6.45) is 7.26. The molecule has 2 aliphatic carbocycles. The second-order valence-electron chi connectivity index (χ2n) is 7.51. The number of carbonyl (C=O) groups is 1. The Labute approximate surface area is 158 Å². The van der Waals surface area contributed by atoms with Gasteiger partial charge in [0.05, 0.1) is 5.02 Å². The number of fused-ring (bicyclic) bond motifs is 3. The highest BCUT2D eigenvalue weighted by Crippen LogP contribution is 2.39. The third-order valence-electron chi connectivity index (χ3n) is 5.74.